The fraction of sp³-hybridized carbons (Fsp3) is 0.158. The predicted octanol–water partition coefficient (Wildman–Crippen LogP) is 1.23. The van der Waals surface area contributed by atoms with Crippen molar-refractivity contribution in [3.05, 3.63) is 69.6 Å². The van der Waals surface area contributed by atoms with Gasteiger partial charge < -0.3 is 5.32 Å². The van der Waals surface area contributed by atoms with Crippen LogP contribution in [0.2, 0.25) is 0 Å². The Bertz CT molecular complexity index is 1310. The minimum absolute atomic E-state index is 0.137. The predicted molar refractivity (Wildman–Crippen MR) is 103 cm³/mol. The molecule has 0 unspecified atom stereocenters. The molecule has 4 aromatic rings. The molecule has 1 N–H and O–H groups in total. The molecule has 4 rings (SSSR count). The summed E-state index contributed by atoms with van der Waals surface area (Å²) in [6.45, 7) is -0.150. The van der Waals surface area contributed by atoms with E-state index in [-0.39, 0.29) is 23.7 Å². The summed E-state index contributed by atoms with van der Waals surface area (Å²) < 4.78 is 4.33. The highest BCUT2D eigenvalue weighted by molar-refractivity contribution is 5.93. The third-order valence-corrected chi connectivity index (χ3v) is 4.60. The zero-order valence-electron chi connectivity index (χ0n) is 14.8. The van der Waals surface area contributed by atoms with Crippen LogP contribution in [0.5, 0.6) is 0 Å². The van der Waals surface area contributed by atoms with Crippen LogP contribution in [0, 0.1) is 0 Å². The van der Waals surface area contributed by atoms with Gasteiger partial charge in [0, 0.05) is 19.8 Å². The minimum Gasteiger partial charge on any atom is -0.324 e. The number of benzene rings is 2. The Balaban J connectivity index is 1.61. The molecule has 0 aliphatic rings. The normalized spacial score (nSPS) is 11.2. The second-order valence-corrected chi connectivity index (χ2v) is 6.35. The second-order valence-electron chi connectivity index (χ2n) is 6.35. The van der Waals surface area contributed by atoms with Crippen LogP contribution in [0.1, 0.15) is 0 Å². The van der Waals surface area contributed by atoms with Crippen molar-refractivity contribution in [1.29, 1.82) is 0 Å². The number of anilines is 1. The van der Waals surface area contributed by atoms with E-state index in [0.29, 0.717) is 22.1 Å². The molecule has 0 spiro atoms. The molecule has 0 bridgehead atoms. The third-order valence-electron chi connectivity index (χ3n) is 4.60. The second kappa shape index (κ2) is 6.24. The van der Waals surface area contributed by atoms with Crippen molar-refractivity contribution in [2.24, 2.45) is 14.1 Å². The molecule has 2 aromatic carbocycles. The van der Waals surface area contributed by atoms with E-state index in [0.717, 1.165) is 5.52 Å². The first kappa shape index (κ1) is 16.8. The Labute approximate surface area is 153 Å². The van der Waals surface area contributed by atoms with Gasteiger partial charge in [-0.2, -0.15) is 0 Å². The van der Waals surface area contributed by atoms with Gasteiger partial charge in [0.2, 0.25) is 5.91 Å². The molecule has 136 valence electrons. The summed E-state index contributed by atoms with van der Waals surface area (Å²) in [5, 5.41) is 3.23. The van der Waals surface area contributed by atoms with Crippen molar-refractivity contribution in [3.8, 4) is 0 Å². The van der Waals surface area contributed by atoms with E-state index in [9.17, 15) is 14.4 Å². The van der Waals surface area contributed by atoms with E-state index < -0.39 is 0 Å². The molecule has 8 heteroatoms. The molecular formula is C19H17N5O3. The summed E-state index contributed by atoms with van der Waals surface area (Å²) in [4.78, 5) is 41.1. The highest BCUT2D eigenvalue weighted by Crippen LogP contribution is 2.17. The Morgan fingerprint density at radius 1 is 1.04 bits per heavy atom. The lowest BCUT2D eigenvalue weighted by Gasteiger charge is -2.08. The molecule has 0 fully saturated rings. The number of aryl methyl sites for hydroxylation is 2. The topological polar surface area (TPSA) is 90.9 Å². The first-order valence-corrected chi connectivity index (χ1v) is 8.35. The molecule has 27 heavy (non-hydrogen) atoms. The first-order chi connectivity index (χ1) is 13.0. The van der Waals surface area contributed by atoms with Crippen molar-refractivity contribution in [1.82, 2.24) is 18.7 Å². The summed E-state index contributed by atoms with van der Waals surface area (Å²) >= 11 is 0. The van der Waals surface area contributed by atoms with E-state index >= 15 is 0 Å². The smallest absolute Gasteiger partial charge is 0.324 e. The molecule has 8 nitrogen and oxygen atoms in total. The van der Waals surface area contributed by atoms with E-state index in [1.54, 1.807) is 61.1 Å². The quantitative estimate of drug-likeness (QED) is 0.593. The molecule has 2 heterocycles. The van der Waals surface area contributed by atoms with E-state index in [1.807, 2.05) is 0 Å². The Hall–Kier alpha value is -3.68. The van der Waals surface area contributed by atoms with Gasteiger partial charge in [-0.05, 0) is 30.3 Å². The van der Waals surface area contributed by atoms with Crippen LogP contribution in [-0.4, -0.2) is 24.6 Å². The van der Waals surface area contributed by atoms with Gasteiger partial charge in [-0.3, -0.25) is 23.3 Å². The third kappa shape index (κ3) is 2.80. The van der Waals surface area contributed by atoms with Crippen LogP contribution in [0.4, 0.5) is 5.69 Å². The van der Waals surface area contributed by atoms with Gasteiger partial charge in [-0.15, -0.1) is 0 Å². The zero-order valence-corrected chi connectivity index (χ0v) is 14.8. The Morgan fingerprint density at radius 2 is 1.78 bits per heavy atom. The van der Waals surface area contributed by atoms with Gasteiger partial charge >= 0.3 is 5.69 Å². The maximum Gasteiger partial charge on any atom is 0.328 e. The molecule has 0 saturated carbocycles. The molecule has 0 radical (unpaired) electrons. The SMILES string of the molecule is Cn1c(=O)n(C)c2cc(NC(=O)Cn3cnc4ccccc4c3=O)ccc21. The van der Waals surface area contributed by atoms with Crippen LogP contribution in [0.3, 0.4) is 0 Å². The number of carbonyl (C=O) groups is 1. The molecular weight excluding hydrogens is 346 g/mol. The zero-order chi connectivity index (χ0) is 19.1. The number of nitrogens with one attached hydrogen (secondary N) is 1. The molecule has 0 aliphatic carbocycles. The number of hydrogen-bond acceptors (Lipinski definition) is 4. The van der Waals surface area contributed by atoms with Crippen molar-refractivity contribution in [3.63, 3.8) is 0 Å². The lowest BCUT2D eigenvalue weighted by Crippen LogP contribution is -2.27. The van der Waals surface area contributed by atoms with Crippen LogP contribution >= 0.6 is 0 Å². The standard InChI is InChI=1S/C19H17N5O3/c1-22-15-8-7-12(9-16(15)23(2)19(22)27)21-17(25)10-24-11-20-14-6-4-3-5-13(14)18(24)26/h3-9,11H,10H2,1-2H3,(H,21,25). The average molecular weight is 363 g/mol. The fourth-order valence-corrected chi connectivity index (χ4v) is 3.16. The van der Waals surface area contributed by atoms with Crippen LogP contribution in [0.25, 0.3) is 21.9 Å². The van der Waals surface area contributed by atoms with Crippen LogP contribution in [-0.2, 0) is 25.4 Å². The van der Waals surface area contributed by atoms with Gasteiger partial charge in [0.15, 0.2) is 0 Å². The van der Waals surface area contributed by atoms with E-state index in [1.165, 1.54) is 15.5 Å². The monoisotopic (exact) mass is 363 g/mol. The number of aromatic nitrogens is 4. The van der Waals surface area contributed by atoms with Gasteiger partial charge in [0.1, 0.15) is 6.54 Å². The average Bonchev–Trinajstić information content (AvgIpc) is 2.88. The molecule has 0 saturated heterocycles. The largest absolute Gasteiger partial charge is 0.328 e. The molecule has 0 atom stereocenters. The number of carbonyl (C=O) groups excluding carboxylic acids is 1. The molecule has 0 aliphatic heterocycles. The maximum absolute atomic E-state index is 12.5. The first-order valence-electron chi connectivity index (χ1n) is 8.35. The number of imidazole rings is 1. The maximum atomic E-state index is 12.5. The Morgan fingerprint density at radius 3 is 2.59 bits per heavy atom. The Kier molecular flexibility index (Phi) is 3.88. The number of nitrogens with zero attached hydrogens (tertiary/aromatic N) is 4. The van der Waals surface area contributed by atoms with Crippen molar-refractivity contribution in [2.45, 2.75) is 6.54 Å². The fourth-order valence-electron chi connectivity index (χ4n) is 3.16. The van der Waals surface area contributed by atoms with Crippen LogP contribution in [0.15, 0.2) is 58.4 Å². The lowest BCUT2D eigenvalue weighted by atomic mass is 10.2. The van der Waals surface area contributed by atoms with Gasteiger partial charge in [-0.1, -0.05) is 12.1 Å². The number of rotatable bonds is 3. The number of hydrogen-bond donors (Lipinski definition) is 1. The van der Waals surface area contributed by atoms with E-state index in [4.69, 9.17) is 0 Å². The molecule has 1 amide bonds. The van der Waals surface area contributed by atoms with Crippen molar-refractivity contribution in [2.75, 3.05) is 5.32 Å². The van der Waals surface area contributed by atoms with Gasteiger partial charge in [0.05, 0.1) is 28.3 Å². The number of fused-ring (bicyclic) bond motifs is 2. The highest BCUT2D eigenvalue weighted by atomic mass is 16.2. The molecule has 2 aromatic heterocycles. The number of amides is 1. The summed E-state index contributed by atoms with van der Waals surface area (Å²) in [7, 11) is 3.37. The summed E-state index contributed by atoms with van der Waals surface area (Å²) in [6, 6.07) is 12.2. The van der Waals surface area contributed by atoms with Gasteiger partial charge in [-0.25, -0.2) is 9.78 Å². The minimum atomic E-state index is -0.352. The summed E-state index contributed by atoms with van der Waals surface area (Å²) in [5.74, 6) is -0.352. The lowest BCUT2D eigenvalue weighted by molar-refractivity contribution is -0.116. The van der Waals surface area contributed by atoms with E-state index in [2.05, 4.69) is 10.3 Å². The van der Waals surface area contributed by atoms with Crippen molar-refractivity contribution < 1.29 is 4.79 Å². The summed E-state index contributed by atoms with van der Waals surface area (Å²) in [6.07, 6.45) is 1.37. The van der Waals surface area contributed by atoms with Crippen LogP contribution < -0.4 is 16.6 Å². The number of para-hydroxylation sites is 1. The van der Waals surface area contributed by atoms with Crippen molar-refractivity contribution >= 4 is 33.5 Å². The van der Waals surface area contributed by atoms with Gasteiger partial charge in [0.25, 0.3) is 5.56 Å². The summed E-state index contributed by atoms with van der Waals surface area (Å²) in [5.41, 5.74) is 2.23. The highest BCUT2D eigenvalue weighted by Gasteiger charge is 2.11.